The first-order valence-corrected chi connectivity index (χ1v) is 9.48. The van der Waals surface area contributed by atoms with Crippen LogP contribution in [-0.4, -0.2) is 22.2 Å². The van der Waals surface area contributed by atoms with E-state index in [-0.39, 0.29) is 0 Å². The predicted octanol–water partition coefficient (Wildman–Crippen LogP) is 5.30. The van der Waals surface area contributed by atoms with Gasteiger partial charge in [-0.05, 0) is 37.3 Å². The fourth-order valence-corrected chi connectivity index (χ4v) is 3.16. The van der Waals surface area contributed by atoms with E-state index in [0.29, 0.717) is 28.3 Å². The van der Waals surface area contributed by atoms with Gasteiger partial charge in [0.15, 0.2) is 0 Å². The molecule has 1 unspecified atom stereocenters. The summed E-state index contributed by atoms with van der Waals surface area (Å²) in [4.78, 5) is 8.87. The molecule has 0 saturated heterocycles. The maximum absolute atomic E-state index is 6.44. The van der Waals surface area contributed by atoms with Crippen LogP contribution in [-0.2, 0) is 0 Å². The Labute approximate surface area is 173 Å². The Kier molecular flexibility index (Phi) is 5.44. The summed E-state index contributed by atoms with van der Waals surface area (Å²) in [6, 6.07) is 18.9. The molecule has 4 rings (SSSR count). The zero-order valence-corrected chi connectivity index (χ0v) is 16.7. The smallest absolute Gasteiger partial charge is 0.272 e. The molecule has 0 fully saturated rings. The lowest BCUT2D eigenvalue weighted by Gasteiger charge is -2.17. The van der Waals surface area contributed by atoms with Crippen LogP contribution in [0.25, 0.3) is 11.4 Å². The molecule has 1 atom stereocenters. The van der Waals surface area contributed by atoms with Gasteiger partial charge in [0.25, 0.3) is 5.89 Å². The second-order valence-corrected chi connectivity index (χ2v) is 6.85. The van der Waals surface area contributed by atoms with E-state index in [2.05, 4.69) is 20.4 Å². The summed E-state index contributed by atoms with van der Waals surface area (Å²) in [6.45, 7) is 2.02. The fourth-order valence-electron chi connectivity index (χ4n) is 2.92. The highest BCUT2D eigenvalue weighted by Crippen LogP contribution is 2.33. The van der Waals surface area contributed by atoms with E-state index < -0.39 is 6.10 Å². The minimum Gasteiger partial charge on any atom is -0.476 e. The van der Waals surface area contributed by atoms with Crippen LogP contribution in [0.15, 0.2) is 71.4 Å². The number of hydrogen-bond donors (Lipinski definition) is 1. The van der Waals surface area contributed by atoms with Crippen molar-refractivity contribution in [3.8, 4) is 17.1 Å². The van der Waals surface area contributed by atoms with Crippen molar-refractivity contribution < 1.29 is 9.26 Å². The van der Waals surface area contributed by atoms with Crippen molar-refractivity contribution in [1.82, 2.24) is 15.1 Å². The van der Waals surface area contributed by atoms with Crippen LogP contribution < -0.4 is 10.1 Å². The van der Waals surface area contributed by atoms with Crippen LogP contribution in [0.5, 0.6) is 5.75 Å². The average molecular weight is 407 g/mol. The number of halogens is 1. The minimum absolute atomic E-state index is 0.305. The molecule has 0 bridgehead atoms. The number of anilines is 1. The summed E-state index contributed by atoms with van der Waals surface area (Å²) < 4.78 is 11.8. The summed E-state index contributed by atoms with van der Waals surface area (Å²) in [7, 11) is 1.79. The maximum Gasteiger partial charge on any atom is 0.272 e. The highest BCUT2D eigenvalue weighted by Gasteiger charge is 2.26. The highest BCUT2D eigenvalue weighted by molar-refractivity contribution is 6.31. The minimum atomic E-state index is -0.651. The molecule has 2 heterocycles. The number of nitrogens with zero attached hydrogens (tertiary/aromatic N) is 3. The zero-order valence-electron chi connectivity index (χ0n) is 16.0. The van der Waals surface area contributed by atoms with E-state index in [0.717, 1.165) is 16.7 Å². The number of nitrogens with one attached hydrogen (secondary N) is 1. The first-order chi connectivity index (χ1) is 14.2. The molecule has 146 valence electrons. The van der Waals surface area contributed by atoms with E-state index in [1.807, 2.05) is 61.5 Å². The lowest BCUT2D eigenvalue weighted by molar-refractivity contribution is 0.193. The fraction of sp³-hybridized carbons (Fsp3) is 0.136. The second kappa shape index (κ2) is 8.32. The van der Waals surface area contributed by atoms with Crippen LogP contribution in [0.3, 0.4) is 0 Å². The zero-order chi connectivity index (χ0) is 20.2. The molecule has 0 aliphatic carbocycles. The molecule has 0 radical (unpaired) electrons. The van der Waals surface area contributed by atoms with Crippen molar-refractivity contribution in [1.29, 1.82) is 0 Å². The molecule has 4 aromatic rings. The SMILES string of the molecule is CNc1ncccc1-c1noc(C(Oc2ccc(C)cc2)c2ccccc2Cl)n1. The topological polar surface area (TPSA) is 73.1 Å². The third kappa shape index (κ3) is 4.07. The molecule has 0 aliphatic heterocycles. The summed E-state index contributed by atoms with van der Waals surface area (Å²) in [5.74, 6) is 2.06. The van der Waals surface area contributed by atoms with Crippen LogP contribution in [0, 0.1) is 6.92 Å². The lowest BCUT2D eigenvalue weighted by atomic mass is 10.1. The average Bonchev–Trinajstić information content (AvgIpc) is 3.24. The van der Waals surface area contributed by atoms with Crippen molar-refractivity contribution in [2.75, 3.05) is 12.4 Å². The van der Waals surface area contributed by atoms with E-state index in [1.165, 1.54) is 0 Å². The first kappa shape index (κ1) is 19.0. The van der Waals surface area contributed by atoms with Gasteiger partial charge in [-0.1, -0.05) is 52.7 Å². The molecule has 7 heteroatoms. The van der Waals surface area contributed by atoms with E-state index in [1.54, 1.807) is 19.3 Å². The van der Waals surface area contributed by atoms with Gasteiger partial charge in [0.05, 0.1) is 5.56 Å². The van der Waals surface area contributed by atoms with Gasteiger partial charge in [-0.25, -0.2) is 4.98 Å². The van der Waals surface area contributed by atoms with Gasteiger partial charge in [0.2, 0.25) is 11.9 Å². The predicted molar refractivity (Wildman–Crippen MR) is 112 cm³/mol. The molecule has 0 amide bonds. The van der Waals surface area contributed by atoms with E-state index in [4.69, 9.17) is 20.9 Å². The molecule has 1 N–H and O–H groups in total. The van der Waals surface area contributed by atoms with Gasteiger partial charge in [-0.3, -0.25) is 0 Å². The normalized spacial score (nSPS) is 11.8. The van der Waals surface area contributed by atoms with Crippen molar-refractivity contribution >= 4 is 17.4 Å². The molecule has 0 aliphatic rings. The van der Waals surface area contributed by atoms with Crippen LogP contribution in [0.1, 0.15) is 23.1 Å². The Bertz CT molecular complexity index is 1110. The molecular weight excluding hydrogens is 388 g/mol. The van der Waals surface area contributed by atoms with Crippen molar-refractivity contribution in [3.63, 3.8) is 0 Å². The highest BCUT2D eigenvalue weighted by atomic mass is 35.5. The number of hydrogen-bond acceptors (Lipinski definition) is 6. The van der Waals surface area contributed by atoms with E-state index in [9.17, 15) is 0 Å². The Morgan fingerprint density at radius 3 is 2.59 bits per heavy atom. The standard InChI is InChI=1S/C22H19ClN4O2/c1-14-9-11-15(12-10-14)28-19(16-6-3-4-8-18(16)23)22-26-21(27-29-22)17-7-5-13-25-20(17)24-2/h3-13,19H,1-2H3,(H,24,25). The van der Waals surface area contributed by atoms with Crippen LogP contribution >= 0.6 is 11.6 Å². The Morgan fingerprint density at radius 2 is 1.83 bits per heavy atom. The van der Waals surface area contributed by atoms with Crippen molar-refractivity contribution in [2.45, 2.75) is 13.0 Å². The molecule has 2 aromatic carbocycles. The molecule has 0 saturated carbocycles. The summed E-state index contributed by atoms with van der Waals surface area (Å²) in [6.07, 6.45) is 1.05. The van der Waals surface area contributed by atoms with Gasteiger partial charge in [0, 0.05) is 23.8 Å². The number of rotatable bonds is 6. The number of aromatic nitrogens is 3. The number of benzene rings is 2. The molecule has 29 heavy (non-hydrogen) atoms. The van der Waals surface area contributed by atoms with Gasteiger partial charge >= 0.3 is 0 Å². The summed E-state index contributed by atoms with van der Waals surface area (Å²) in [5, 5.41) is 7.73. The van der Waals surface area contributed by atoms with Gasteiger partial charge in [-0.2, -0.15) is 4.98 Å². The molecule has 0 spiro atoms. The van der Waals surface area contributed by atoms with Gasteiger partial charge < -0.3 is 14.6 Å². The quantitative estimate of drug-likeness (QED) is 0.468. The Morgan fingerprint density at radius 1 is 1.03 bits per heavy atom. The third-order valence-corrected chi connectivity index (χ3v) is 4.76. The monoisotopic (exact) mass is 406 g/mol. The Balaban J connectivity index is 1.75. The van der Waals surface area contributed by atoms with Crippen LogP contribution in [0.2, 0.25) is 5.02 Å². The van der Waals surface area contributed by atoms with Crippen LogP contribution in [0.4, 0.5) is 5.82 Å². The molecule has 2 aromatic heterocycles. The van der Waals surface area contributed by atoms with Gasteiger partial charge in [-0.15, -0.1) is 0 Å². The lowest BCUT2D eigenvalue weighted by Crippen LogP contribution is -2.10. The number of pyridine rings is 1. The second-order valence-electron chi connectivity index (χ2n) is 6.44. The van der Waals surface area contributed by atoms with Crippen molar-refractivity contribution in [2.24, 2.45) is 0 Å². The van der Waals surface area contributed by atoms with E-state index >= 15 is 0 Å². The number of aryl methyl sites for hydroxylation is 1. The van der Waals surface area contributed by atoms with Crippen molar-refractivity contribution in [3.05, 3.63) is 88.9 Å². The molecule has 6 nitrogen and oxygen atoms in total. The Hall–Kier alpha value is -3.38. The number of ether oxygens (including phenoxy) is 1. The first-order valence-electron chi connectivity index (χ1n) is 9.10. The van der Waals surface area contributed by atoms with Gasteiger partial charge in [0.1, 0.15) is 11.6 Å². The maximum atomic E-state index is 6.44. The third-order valence-electron chi connectivity index (χ3n) is 4.41. The molecular formula is C22H19ClN4O2. The largest absolute Gasteiger partial charge is 0.476 e. The summed E-state index contributed by atoms with van der Waals surface area (Å²) >= 11 is 6.44. The summed E-state index contributed by atoms with van der Waals surface area (Å²) in [5.41, 5.74) is 2.62.